The molecular weight excluding hydrogens is 300 g/mol. The average molecular weight is 323 g/mol. The minimum absolute atomic E-state index is 0.235. The van der Waals surface area contributed by atoms with E-state index in [0.29, 0.717) is 6.54 Å². The van der Waals surface area contributed by atoms with E-state index in [2.05, 4.69) is 20.2 Å². The number of imidazole rings is 1. The van der Waals surface area contributed by atoms with Gasteiger partial charge in [0.05, 0.1) is 29.6 Å². The van der Waals surface area contributed by atoms with Gasteiger partial charge in [0.1, 0.15) is 5.82 Å². The number of aromatic amines is 1. The molecule has 2 aromatic rings. The van der Waals surface area contributed by atoms with Gasteiger partial charge >= 0.3 is 0 Å². The van der Waals surface area contributed by atoms with Crippen molar-refractivity contribution in [3.8, 4) is 0 Å². The standard InChI is InChI=1S/C16H23ClN4O/c17-9-13(22)10-18-12-4-5-14-15(8-12)20-16(19-14)11-21-6-2-1-3-7-21/h4-5,8,13,18,22H,1-3,6-7,9-11H2,(H,19,20). The van der Waals surface area contributed by atoms with Gasteiger partial charge in [-0.3, -0.25) is 4.90 Å². The molecule has 1 saturated heterocycles. The van der Waals surface area contributed by atoms with Gasteiger partial charge in [-0.1, -0.05) is 6.42 Å². The van der Waals surface area contributed by atoms with Crippen LogP contribution >= 0.6 is 11.6 Å². The lowest BCUT2D eigenvalue weighted by atomic mass is 10.1. The van der Waals surface area contributed by atoms with Crippen LogP contribution in [0.5, 0.6) is 0 Å². The number of nitrogens with zero attached hydrogens (tertiary/aromatic N) is 2. The fraction of sp³-hybridized carbons (Fsp3) is 0.562. The highest BCUT2D eigenvalue weighted by molar-refractivity contribution is 6.18. The van der Waals surface area contributed by atoms with E-state index >= 15 is 0 Å². The Hall–Kier alpha value is -1.30. The first-order valence-electron chi connectivity index (χ1n) is 7.93. The molecule has 3 N–H and O–H groups in total. The van der Waals surface area contributed by atoms with Crippen LogP contribution in [0.3, 0.4) is 0 Å². The van der Waals surface area contributed by atoms with Crippen molar-refractivity contribution >= 4 is 28.3 Å². The minimum atomic E-state index is -0.534. The van der Waals surface area contributed by atoms with Crippen molar-refractivity contribution < 1.29 is 5.11 Å². The summed E-state index contributed by atoms with van der Waals surface area (Å²) in [4.78, 5) is 10.5. The summed E-state index contributed by atoms with van der Waals surface area (Å²) in [6.07, 6.45) is 3.39. The quantitative estimate of drug-likeness (QED) is 0.715. The van der Waals surface area contributed by atoms with Crippen LogP contribution in [0.1, 0.15) is 25.1 Å². The van der Waals surface area contributed by atoms with Crippen LogP contribution in [-0.2, 0) is 6.54 Å². The fourth-order valence-electron chi connectivity index (χ4n) is 2.87. The first-order valence-corrected chi connectivity index (χ1v) is 8.47. The predicted molar refractivity (Wildman–Crippen MR) is 90.4 cm³/mol. The number of hydrogen-bond acceptors (Lipinski definition) is 4. The maximum Gasteiger partial charge on any atom is 0.121 e. The summed E-state index contributed by atoms with van der Waals surface area (Å²) < 4.78 is 0. The molecule has 0 spiro atoms. The number of halogens is 1. The number of fused-ring (bicyclic) bond motifs is 1. The van der Waals surface area contributed by atoms with Crippen molar-refractivity contribution in [3.05, 3.63) is 24.0 Å². The van der Waals surface area contributed by atoms with Crippen molar-refractivity contribution in [1.29, 1.82) is 0 Å². The zero-order valence-electron chi connectivity index (χ0n) is 12.7. The van der Waals surface area contributed by atoms with Gasteiger partial charge in [0.25, 0.3) is 0 Å². The largest absolute Gasteiger partial charge is 0.390 e. The second kappa shape index (κ2) is 7.31. The molecule has 120 valence electrons. The Morgan fingerprint density at radius 3 is 2.91 bits per heavy atom. The Kier molecular flexibility index (Phi) is 5.18. The van der Waals surface area contributed by atoms with Crippen LogP contribution in [0.2, 0.25) is 0 Å². The summed E-state index contributed by atoms with van der Waals surface area (Å²) in [7, 11) is 0. The Morgan fingerprint density at radius 1 is 1.32 bits per heavy atom. The number of aliphatic hydroxyl groups is 1. The van der Waals surface area contributed by atoms with Crippen molar-refractivity contribution in [3.63, 3.8) is 0 Å². The Bertz CT molecular complexity index is 609. The number of anilines is 1. The van der Waals surface area contributed by atoms with Gasteiger partial charge in [-0.2, -0.15) is 0 Å². The molecule has 0 aliphatic carbocycles. The zero-order chi connectivity index (χ0) is 15.4. The van der Waals surface area contributed by atoms with Crippen molar-refractivity contribution in [2.24, 2.45) is 0 Å². The van der Waals surface area contributed by atoms with Crippen LogP contribution in [0.15, 0.2) is 18.2 Å². The Morgan fingerprint density at radius 2 is 2.14 bits per heavy atom. The molecule has 0 saturated carbocycles. The molecule has 0 bridgehead atoms. The topological polar surface area (TPSA) is 64.2 Å². The van der Waals surface area contributed by atoms with E-state index in [1.807, 2.05) is 18.2 Å². The predicted octanol–water partition coefficient (Wildman–Crippen LogP) is 2.56. The van der Waals surface area contributed by atoms with E-state index in [1.54, 1.807) is 0 Å². The van der Waals surface area contributed by atoms with E-state index in [1.165, 1.54) is 32.4 Å². The number of rotatable bonds is 6. The highest BCUT2D eigenvalue weighted by Gasteiger charge is 2.13. The highest BCUT2D eigenvalue weighted by atomic mass is 35.5. The monoisotopic (exact) mass is 322 g/mol. The number of aliphatic hydroxyl groups excluding tert-OH is 1. The van der Waals surface area contributed by atoms with Gasteiger partial charge in [-0.15, -0.1) is 11.6 Å². The summed E-state index contributed by atoms with van der Waals surface area (Å²) in [5.41, 5.74) is 2.97. The lowest BCUT2D eigenvalue weighted by Gasteiger charge is -2.25. The van der Waals surface area contributed by atoms with Crippen LogP contribution in [0.4, 0.5) is 5.69 Å². The summed E-state index contributed by atoms with van der Waals surface area (Å²) in [6, 6.07) is 6.01. The average Bonchev–Trinajstić information content (AvgIpc) is 2.94. The van der Waals surface area contributed by atoms with E-state index < -0.39 is 6.10 Å². The number of benzene rings is 1. The maximum atomic E-state index is 9.50. The number of nitrogens with one attached hydrogen (secondary N) is 2. The molecule has 1 aliphatic rings. The van der Waals surface area contributed by atoms with Gasteiger partial charge < -0.3 is 15.4 Å². The molecule has 1 aromatic carbocycles. The van der Waals surface area contributed by atoms with Gasteiger partial charge in [0, 0.05) is 12.2 Å². The molecule has 0 amide bonds. The molecule has 0 radical (unpaired) electrons. The molecule has 1 atom stereocenters. The molecule has 2 heterocycles. The Balaban J connectivity index is 1.67. The van der Waals surface area contributed by atoms with E-state index in [4.69, 9.17) is 11.6 Å². The number of piperidine rings is 1. The van der Waals surface area contributed by atoms with Gasteiger partial charge in [-0.05, 0) is 44.1 Å². The molecule has 1 aliphatic heterocycles. The third kappa shape index (κ3) is 3.91. The lowest BCUT2D eigenvalue weighted by molar-refractivity contribution is 0.211. The van der Waals surface area contributed by atoms with E-state index in [0.717, 1.165) is 29.1 Å². The van der Waals surface area contributed by atoms with Gasteiger partial charge in [0.2, 0.25) is 0 Å². The third-order valence-corrected chi connectivity index (χ3v) is 4.43. The second-order valence-corrected chi connectivity index (χ2v) is 6.25. The molecule has 1 unspecified atom stereocenters. The summed E-state index contributed by atoms with van der Waals surface area (Å²) in [5, 5.41) is 12.7. The number of likely N-dealkylation sites (tertiary alicyclic amines) is 1. The molecule has 1 aromatic heterocycles. The fourth-order valence-corrected chi connectivity index (χ4v) is 2.98. The zero-order valence-corrected chi connectivity index (χ0v) is 13.4. The SMILES string of the molecule is OC(CCl)CNc1ccc2nc(CN3CCCCC3)[nH]c2c1. The number of hydrogen-bond donors (Lipinski definition) is 3. The van der Waals surface area contributed by atoms with Crippen LogP contribution < -0.4 is 5.32 Å². The van der Waals surface area contributed by atoms with Gasteiger partial charge in [0.15, 0.2) is 0 Å². The summed E-state index contributed by atoms with van der Waals surface area (Å²) >= 11 is 5.60. The molecule has 3 rings (SSSR count). The molecule has 6 heteroatoms. The third-order valence-electron chi connectivity index (χ3n) is 4.07. The molecular formula is C16H23ClN4O. The minimum Gasteiger partial charge on any atom is -0.390 e. The van der Waals surface area contributed by atoms with Crippen LogP contribution in [0, 0.1) is 0 Å². The summed E-state index contributed by atoms with van der Waals surface area (Å²) in [6.45, 7) is 3.67. The van der Waals surface area contributed by atoms with Crippen LogP contribution in [0.25, 0.3) is 11.0 Å². The Labute approximate surface area is 135 Å². The van der Waals surface area contributed by atoms with Gasteiger partial charge in [-0.25, -0.2) is 4.98 Å². The molecule has 5 nitrogen and oxygen atoms in total. The molecule has 22 heavy (non-hydrogen) atoms. The first kappa shape index (κ1) is 15.6. The highest BCUT2D eigenvalue weighted by Crippen LogP contribution is 2.19. The second-order valence-electron chi connectivity index (χ2n) is 5.94. The maximum absolute atomic E-state index is 9.50. The first-order chi connectivity index (χ1) is 10.7. The van der Waals surface area contributed by atoms with Crippen LogP contribution in [-0.4, -0.2) is 51.6 Å². The molecule has 1 fully saturated rings. The number of alkyl halides is 1. The number of H-pyrrole nitrogens is 1. The number of aromatic nitrogens is 2. The van der Waals surface area contributed by atoms with Crippen molar-refractivity contribution in [2.45, 2.75) is 31.9 Å². The van der Waals surface area contributed by atoms with E-state index in [-0.39, 0.29) is 5.88 Å². The lowest BCUT2D eigenvalue weighted by Crippen LogP contribution is -2.29. The van der Waals surface area contributed by atoms with Crippen molar-refractivity contribution in [2.75, 3.05) is 30.8 Å². The smallest absolute Gasteiger partial charge is 0.121 e. The van der Waals surface area contributed by atoms with Crippen molar-refractivity contribution in [1.82, 2.24) is 14.9 Å². The summed E-state index contributed by atoms with van der Waals surface area (Å²) in [5.74, 6) is 1.26. The normalized spacial score (nSPS) is 17.7. The van der Waals surface area contributed by atoms with E-state index in [9.17, 15) is 5.11 Å².